The molecule has 1 fully saturated rings. The molecule has 2 aromatic rings. The van der Waals surface area contributed by atoms with Crippen LogP contribution in [0.2, 0.25) is 10.0 Å². The molecule has 1 aromatic heterocycles. The molecular weight excluding hydrogens is 403 g/mol. The summed E-state index contributed by atoms with van der Waals surface area (Å²) in [6, 6.07) is 5.65. The molecular formula is C20H22Cl2N2O2S. The summed E-state index contributed by atoms with van der Waals surface area (Å²) in [7, 11) is 0. The highest BCUT2D eigenvalue weighted by Crippen LogP contribution is 2.32. The molecule has 1 saturated heterocycles. The van der Waals surface area contributed by atoms with E-state index in [9.17, 15) is 4.79 Å². The maximum absolute atomic E-state index is 12.8. The zero-order valence-electron chi connectivity index (χ0n) is 15.0. The Labute approximate surface area is 173 Å². The first-order valence-electron chi connectivity index (χ1n) is 9.43. The Kier molecular flexibility index (Phi) is 6.12. The van der Waals surface area contributed by atoms with Crippen LogP contribution in [0.25, 0.3) is 0 Å². The zero-order valence-corrected chi connectivity index (χ0v) is 17.4. The van der Waals surface area contributed by atoms with Crippen molar-refractivity contribution in [2.75, 3.05) is 6.61 Å². The van der Waals surface area contributed by atoms with Crippen molar-refractivity contribution >= 4 is 35.0 Å². The van der Waals surface area contributed by atoms with Gasteiger partial charge in [0, 0.05) is 23.6 Å². The Morgan fingerprint density at radius 1 is 1.19 bits per heavy atom. The highest BCUT2D eigenvalue weighted by atomic mass is 35.5. The van der Waals surface area contributed by atoms with E-state index in [1.54, 1.807) is 11.8 Å². The van der Waals surface area contributed by atoms with E-state index in [1.807, 2.05) is 22.8 Å². The average Bonchev–Trinajstić information content (AvgIpc) is 3.18. The first kappa shape index (κ1) is 19.3. The molecule has 4 rings (SSSR count). The second-order valence-electron chi connectivity index (χ2n) is 7.11. The van der Waals surface area contributed by atoms with Crippen molar-refractivity contribution in [2.24, 2.45) is 0 Å². The topological polar surface area (TPSA) is 44.1 Å². The van der Waals surface area contributed by atoms with E-state index in [-0.39, 0.29) is 11.8 Å². The highest BCUT2D eigenvalue weighted by Gasteiger charge is 2.24. The minimum atomic E-state index is -0.150. The molecule has 1 aliphatic heterocycles. The Morgan fingerprint density at radius 2 is 2.04 bits per heavy atom. The maximum Gasteiger partial charge on any atom is 0.348 e. The summed E-state index contributed by atoms with van der Waals surface area (Å²) >= 11 is 13.7. The molecule has 0 unspecified atom stereocenters. The van der Waals surface area contributed by atoms with Crippen LogP contribution in [-0.2, 0) is 29.9 Å². The lowest BCUT2D eigenvalue weighted by molar-refractivity contribution is 0.0947. The Bertz CT molecular complexity index is 894. The van der Waals surface area contributed by atoms with Gasteiger partial charge in [0.15, 0.2) is 0 Å². The summed E-state index contributed by atoms with van der Waals surface area (Å²) in [5, 5.41) is 1.97. The third-order valence-electron chi connectivity index (χ3n) is 5.22. The maximum atomic E-state index is 12.8. The molecule has 2 aliphatic rings. The van der Waals surface area contributed by atoms with E-state index in [2.05, 4.69) is 4.98 Å². The molecule has 4 nitrogen and oxygen atoms in total. The van der Waals surface area contributed by atoms with Gasteiger partial charge >= 0.3 is 5.69 Å². The molecule has 0 bridgehead atoms. The number of nitrogens with zero attached hydrogens (tertiary/aromatic N) is 2. The number of benzene rings is 1. The molecule has 0 N–H and O–H groups in total. The van der Waals surface area contributed by atoms with Crippen molar-refractivity contribution in [3.63, 3.8) is 0 Å². The van der Waals surface area contributed by atoms with Crippen LogP contribution in [0.1, 0.15) is 42.5 Å². The Balaban J connectivity index is 1.60. The summed E-state index contributed by atoms with van der Waals surface area (Å²) in [5.41, 5.74) is 3.32. The van der Waals surface area contributed by atoms with Gasteiger partial charge in [-0.05, 0) is 56.2 Å². The lowest BCUT2D eigenvalue weighted by atomic mass is 9.97. The normalized spacial score (nSPS) is 19.3. The average molecular weight is 425 g/mol. The summed E-state index contributed by atoms with van der Waals surface area (Å²) < 4.78 is 7.61. The lowest BCUT2D eigenvalue weighted by Gasteiger charge is -2.24. The monoisotopic (exact) mass is 424 g/mol. The van der Waals surface area contributed by atoms with Crippen molar-refractivity contribution < 1.29 is 4.74 Å². The van der Waals surface area contributed by atoms with Gasteiger partial charge in [0.2, 0.25) is 0 Å². The molecule has 7 heteroatoms. The van der Waals surface area contributed by atoms with Crippen LogP contribution in [-0.4, -0.2) is 22.3 Å². The number of thioether (sulfide) groups is 1. The van der Waals surface area contributed by atoms with Crippen LogP contribution < -0.4 is 5.69 Å². The molecule has 0 radical (unpaired) electrons. The fourth-order valence-corrected chi connectivity index (χ4v) is 5.17. The minimum Gasteiger partial charge on any atom is -0.376 e. The van der Waals surface area contributed by atoms with Gasteiger partial charge < -0.3 is 4.74 Å². The Morgan fingerprint density at radius 3 is 2.81 bits per heavy atom. The summed E-state index contributed by atoms with van der Waals surface area (Å²) in [6.07, 6.45) is 6.44. The smallest absolute Gasteiger partial charge is 0.348 e. The van der Waals surface area contributed by atoms with Crippen LogP contribution >= 0.6 is 35.0 Å². The fourth-order valence-electron chi connectivity index (χ4n) is 3.83. The van der Waals surface area contributed by atoms with Gasteiger partial charge in [0.25, 0.3) is 0 Å². The first-order valence-corrected chi connectivity index (χ1v) is 11.2. The third-order valence-corrected chi connectivity index (χ3v) is 7.05. The number of rotatable bonds is 5. The number of hydrogen-bond acceptors (Lipinski definition) is 4. The number of fused-ring (bicyclic) bond motifs is 1. The second-order valence-corrected chi connectivity index (χ2v) is 8.89. The third kappa shape index (κ3) is 4.37. The molecule has 0 spiro atoms. The molecule has 1 aromatic carbocycles. The summed E-state index contributed by atoms with van der Waals surface area (Å²) in [4.78, 5) is 17.2. The molecule has 0 saturated carbocycles. The van der Waals surface area contributed by atoms with E-state index in [1.165, 1.54) is 5.56 Å². The lowest BCUT2D eigenvalue weighted by Crippen LogP contribution is -2.33. The van der Waals surface area contributed by atoms with Gasteiger partial charge in [-0.3, -0.25) is 4.57 Å². The molecule has 144 valence electrons. The van der Waals surface area contributed by atoms with Crippen LogP contribution in [0.15, 0.2) is 28.0 Å². The van der Waals surface area contributed by atoms with Gasteiger partial charge in [-0.15, -0.1) is 11.8 Å². The minimum absolute atomic E-state index is 0.144. The van der Waals surface area contributed by atoms with Crippen molar-refractivity contribution in [1.82, 2.24) is 9.55 Å². The largest absolute Gasteiger partial charge is 0.376 e. The molecule has 2 heterocycles. The van der Waals surface area contributed by atoms with Crippen molar-refractivity contribution in [2.45, 2.75) is 62.0 Å². The van der Waals surface area contributed by atoms with Gasteiger partial charge in [0.05, 0.1) is 22.7 Å². The Hall–Kier alpha value is -1.01. The zero-order chi connectivity index (χ0) is 18.8. The predicted molar refractivity (Wildman–Crippen MR) is 110 cm³/mol. The number of hydrogen-bond donors (Lipinski definition) is 0. The highest BCUT2D eigenvalue weighted by molar-refractivity contribution is 7.98. The van der Waals surface area contributed by atoms with Crippen molar-refractivity contribution in [3.8, 4) is 0 Å². The van der Waals surface area contributed by atoms with Crippen LogP contribution in [0.4, 0.5) is 0 Å². The SMILES string of the molecule is O=c1nc(SCc2ccc(Cl)c(Cl)c2)c2c(n1C[C@@H]1CCCO1)CCCC2. The fraction of sp³-hybridized carbons (Fsp3) is 0.500. The molecule has 27 heavy (non-hydrogen) atoms. The van der Waals surface area contributed by atoms with E-state index in [0.29, 0.717) is 22.3 Å². The van der Waals surface area contributed by atoms with Gasteiger partial charge in [-0.1, -0.05) is 29.3 Å². The van der Waals surface area contributed by atoms with E-state index >= 15 is 0 Å². The van der Waals surface area contributed by atoms with Crippen LogP contribution in [0.3, 0.4) is 0 Å². The van der Waals surface area contributed by atoms with Gasteiger partial charge in [-0.25, -0.2) is 4.79 Å². The number of halogens is 2. The van der Waals surface area contributed by atoms with E-state index in [4.69, 9.17) is 27.9 Å². The summed E-state index contributed by atoms with van der Waals surface area (Å²) in [5.74, 6) is 0.714. The van der Waals surface area contributed by atoms with Gasteiger partial charge in [-0.2, -0.15) is 4.98 Å². The molecule has 1 aliphatic carbocycles. The van der Waals surface area contributed by atoms with Crippen molar-refractivity contribution in [3.05, 3.63) is 55.5 Å². The second kappa shape index (κ2) is 8.56. The quantitative estimate of drug-likeness (QED) is 0.505. The summed E-state index contributed by atoms with van der Waals surface area (Å²) in [6.45, 7) is 1.43. The number of aromatic nitrogens is 2. The van der Waals surface area contributed by atoms with E-state index < -0.39 is 0 Å². The van der Waals surface area contributed by atoms with Crippen LogP contribution in [0, 0.1) is 0 Å². The van der Waals surface area contributed by atoms with Gasteiger partial charge in [0.1, 0.15) is 5.03 Å². The van der Waals surface area contributed by atoms with Crippen molar-refractivity contribution in [1.29, 1.82) is 0 Å². The van der Waals surface area contributed by atoms with E-state index in [0.717, 1.165) is 61.4 Å². The molecule has 0 amide bonds. The number of ether oxygens (including phenoxy) is 1. The molecule has 1 atom stereocenters. The first-order chi connectivity index (χ1) is 13.1. The van der Waals surface area contributed by atoms with Crippen LogP contribution in [0.5, 0.6) is 0 Å². The standard InChI is InChI=1S/C20H22Cl2N2O2S/c21-16-8-7-13(10-17(16)22)12-27-19-15-5-1-2-6-18(15)24(20(25)23-19)11-14-4-3-9-26-14/h7-8,10,14H,1-6,9,11-12H2/t14-/m0/s1. The predicted octanol–water partition coefficient (Wildman–Crippen LogP) is 4.90.